The first-order valence-electron chi connectivity index (χ1n) is 8.61. The van der Waals surface area contributed by atoms with Gasteiger partial charge in [0, 0.05) is 11.3 Å². The molecule has 0 atom stereocenters. The van der Waals surface area contributed by atoms with Gasteiger partial charge < -0.3 is 5.32 Å². The average Bonchev–Trinajstić information content (AvgIpc) is 2.92. The molecule has 144 valence electrons. The molecule has 1 heterocycles. The van der Waals surface area contributed by atoms with E-state index in [4.69, 9.17) is 0 Å². The highest BCUT2D eigenvalue weighted by atomic mass is 19.1. The lowest BCUT2D eigenvalue weighted by Gasteiger charge is -2.09. The summed E-state index contributed by atoms with van der Waals surface area (Å²) in [6.45, 7) is 5.39. The van der Waals surface area contributed by atoms with Gasteiger partial charge in [0.1, 0.15) is 17.2 Å². The first-order chi connectivity index (χ1) is 13.3. The van der Waals surface area contributed by atoms with Crippen molar-refractivity contribution in [3.63, 3.8) is 0 Å². The molecule has 0 saturated heterocycles. The van der Waals surface area contributed by atoms with Crippen molar-refractivity contribution in [2.45, 2.75) is 27.3 Å². The number of hydrogen-bond donors (Lipinski definition) is 1. The minimum absolute atomic E-state index is 0.0152. The predicted molar refractivity (Wildman–Crippen MR) is 103 cm³/mol. The Kier molecular flexibility index (Phi) is 5.21. The van der Waals surface area contributed by atoms with E-state index in [1.807, 2.05) is 0 Å². The van der Waals surface area contributed by atoms with Gasteiger partial charge in [-0.3, -0.25) is 19.6 Å². The molecule has 2 aromatic carbocycles. The van der Waals surface area contributed by atoms with Gasteiger partial charge >= 0.3 is 5.69 Å². The molecule has 8 heteroatoms. The molecule has 7 nitrogen and oxygen atoms in total. The van der Waals surface area contributed by atoms with E-state index in [2.05, 4.69) is 10.4 Å². The Balaban J connectivity index is 1.75. The molecule has 3 aromatic rings. The molecule has 0 aliphatic rings. The van der Waals surface area contributed by atoms with Gasteiger partial charge in [0.15, 0.2) is 0 Å². The number of amides is 1. The lowest BCUT2D eigenvalue weighted by Crippen LogP contribution is -2.13. The zero-order valence-electron chi connectivity index (χ0n) is 15.7. The largest absolute Gasteiger partial charge is 0.322 e. The molecule has 28 heavy (non-hydrogen) atoms. The fourth-order valence-corrected chi connectivity index (χ4v) is 2.96. The van der Waals surface area contributed by atoms with Crippen LogP contribution >= 0.6 is 0 Å². The molecular weight excluding hydrogens is 363 g/mol. The molecule has 1 amide bonds. The highest BCUT2D eigenvalue weighted by Crippen LogP contribution is 2.23. The third kappa shape index (κ3) is 3.90. The van der Waals surface area contributed by atoms with Crippen molar-refractivity contribution in [1.29, 1.82) is 0 Å². The maximum absolute atomic E-state index is 13.4. The van der Waals surface area contributed by atoms with Gasteiger partial charge in [-0.2, -0.15) is 5.10 Å². The second-order valence-corrected chi connectivity index (χ2v) is 6.54. The molecule has 3 rings (SSSR count). The van der Waals surface area contributed by atoms with Gasteiger partial charge in [-0.25, -0.2) is 4.39 Å². The average molecular weight is 382 g/mol. The lowest BCUT2D eigenvalue weighted by atomic mass is 10.1. The van der Waals surface area contributed by atoms with Crippen LogP contribution in [0.5, 0.6) is 0 Å². The summed E-state index contributed by atoms with van der Waals surface area (Å²) in [4.78, 5) is 23.1. The predicted octanol–water partition coefficient (Wildman–Crippen LogP) is 4.16. The highest BCUT2D eigenvalue weighted by molar-refractivity contribution is 6.04. The Morgan fingerprint density at radius 1 is 1.18 bits per heavy atom. The molecule has 0 bridgehead atoms. The SMILES string of the molecule is Cc1ccc(F)cc1NC(=O)c1ccc(Cn2nc(C)c([N+](=O)[O-])c2C)cc1. The minimum Gasteiger partial charge on any atom is -0.322 e. The number of nitro groups is 1. The van der Waals surface area contributed by atoms with Gasteiger partial charge in [0.05, 0.1) is 11.5 Å². The van der Waals surface area contributed by atoms with Crippen molar-refractivity contribution < 1.29 is 14.1 Å². The van der Waals surface area contributed by atoms with Gasteiger partial charge in [-0.05, 0) is 56.2 Å². The summed E-state index contributed by atoms with van der Waals surface area (Å²) in [5.41, 5.74) is 3.31. The summed E-state index contributed by atoms with van der Waals surface area (Å²) in [5, 5.41) is 18.0. The van der Waals surface area contributed by atoms with Crippen molar-refractivity contribution in [1.82, 2.24) is 9.78 Å². The van der Waals surface area contributed by atoms with Crippen molar-refractivity contribution in [2.75, 3.05) is 5.32 Å². The number of aryl methyl sites for hydroxylation is 2. The second kappa shape index (κ2) is 7.59. The standard InChI is InChI=1S/C20H19FN4O3/c1-12-4-9-17(21)10-18(12)22-20(26)16-7-5-15(6-8-16)11-24-14(3)19(25(27)28)13(2)23-24/h4-10H,11H2,1-3H3,(H,22,26). The van der Waals surface area contributed by atoms with Crippen molar-refractivity contribution in [2.24, 2.45) is 0 Å². The monoisotopic (exact) mass is 382 g/mol. The van der Waals surface area contributed by atoms with Gasteiger partial charge in [0.25, 0.3) is 5.91 Å². The smallest absolute Gasteiger partial charge is 0.312 e. The number of hydrogen-bond acceptors (Lipinski definition) is 4. The summed E-state index contributed by atoms with van der Waals surface area (Å²) < 4.78 is 14.9. The molecule has 1 N–H and O–H groups in total. The van der Waals surface area contributed by atoms with E-state index in [-0.39, 0.29) is 11.6 Å². The molecule has 0 aliphatic heterocycles. The van der Waals surface area contributed by atoms with Crippen LogP contribution in [0.1, 0.15) is 32.9 Å². The third-order valence-corrected chi connectivity index (χ3v) is 4.52. The van der Waals surface area contributed by atoms with Crippen LogP contribution in [-0.4, -0.2) is 20.6 Å². The number of carbonyl (C=O) groups is 1. The summed E-state index contributed by atoms with van der Waals surface area (Å²) in [7, 11) is 0. The Hall–Kier alpha value is -3.55. The van der Waals surface area contributed by atoms with Crippen molar-refractivity contribution in [3.8, 4) is 0 Å². The maximum Gasteiger partial charge on any atom is 0.312 e. The number of nitrogens with one attached hydrogen (secondary N) is 1. The fraction of sp³-hybridized carbons (Fsp3) is 0.200. The topological polar surface area (TPSA) is 90.1 Å². The van der Waals surface area contributed by atoms with E-state index in [0.29, 0.717) is 29.2 Å². The van der Waals surface area contributed by atoms with E-state index in [9.17, 15) is 19.3 Å². The molecule has 0 saturated carbocycles. The Bertz CT molecular complexity index is 1060. The lowest BCUT2D eigenvalue weighted by molar-refractivity contribution is -0.386. The molecule has 1 aromatic heterocycles. The van der Waals surface area contributed by atoms with Crippen LogP contribution in [-0.2, 0) is 6.54 Å². The zero-order chi connectivity index (χ0) is 20.4. The van der Waals surface area contributed by atoms with Crippen molar-refractivity contribution in [3.05, 3.63) is 86.5 Å². The third-order valence-electron chi connectivity index (χ3n) is 4.52. The van der Waals surface area contributed by atoms with Gasteiger partial charge in [-0.15, -0.1) is 0 Å². The number of anilines is 1. The Labute approximate surface area is 161 Å². The Morgan fingerprint density at radius 3 is 2.46 bits per heavy atom. The Morgan fingerprint density at radius 2 is 1.86 bits per heavy atom. The summed E-state index contributed by atoms with van der Waals surface area (Å²) >= 11 is 0. The molecule has 0 fully saturated rings. The van der Waals surface area contributed by atoms with E-state index in [1.54, 1.807) is 55.8 Å². The first-order valence-corrected chi connectivity index (χ1v) is 8.61. The summed E-state index contributed by atoms with van der Waals surface area (Å²) in [6, 6.07) is 11.0. The molecule has 0 aliphatic carbocycles. The first kappa shape index (κ1) is 19.2. The molecule has 0 spiro atoms. The number of nitrogens with zero attached hydrogens (tertiary/aromatic N) is 3. The number of carbonyl (C=O) groups excluding carboxylic acids is 1. The number of aromatic nitrogens is 2. The van der Waals surface area contributed by atoms with Crippen LogP contribution in [0.2, 0.25) is 0 Å². The normalized spacial score (nSPS) is 10.7. The van der Waals surface area contributed by atoms with Crippen LogP contribution in [0, 0.1) is 36.7 Å². The van der Waals surface area contributed by atoms with E-state index < -0.39 is 10.7 Å². The number of rotatable bonds is 5. The minimum atomic E-state index is -0.435. The second-order valence-electron chi connectivity index (χ2n) is 6.54. The maximum atomic E-state index is 13.4. The summed E-state index contributed by atoms with van der Waals surface area (Å²) in [5.74, 6) is -0.766. The van der Waals surface area contributed by atoms with Crippen LogP contribution < -0.4 is 5.32 Å². The quantitative estimate of drug-likeness (QED) is 0.530. The van der Waals surface area contributed by atoms with Gasteiger partial charge in [0.2, 0.25) is 0 Å². The van der Waals surface area contributed by atoms with E-state index in [0.717, 1.165) is 11.1 Å². The summed E-state index contributed by atoms with van der Waals surface area (Å²) in [6.07, 6.45) is 0. The highest BCUT2D eigenvalue weighted by Gasteiger charge is 2.21. The molecule has 0 radical (unpaired) electrons. The van der Waals surface area contributed by atoms with Crippen LogP contribution in [0.15, 0.2) is 42.5 Å². The van der Waals surface area contributed by atoms with Crippen molar-refractivity contribution >= 4 is 17.3 Å². The van der Waals surface area contributed by atoms with Crippen LogP contribution in [0.3, 0.4) is 0 Å². The van der Waals surface area contributed by atoms with E-state index in [1.165, 1.54) is 12.1 Å². The number of halogens is 1. The fourth-order valence-electron chi connectivity index (χ4n) is 2.96. The van der Waals surface area contributed by atoms with Crippen LogP contribution in [0.4, 0.5) is 15.8 Å². The van der Waals surface area contributed by atoms with Gasteiger partial charge in [-0.1, -0.05) is 18.2 Å². The van der Waals surface area contributed by atoms with Crippen LogP contribution in [0.25, 0.3) is 0 Å². The zero-order valence-corrected chi connectivity index (χ0v) is 15.7. The van der Waals surface area contributed by atoms with E-state index >= 15 is 0 Å². The molecular formula is C20H19FN4O3. The molecule has 0 unspecified atom stereocenters. The number of benzene rings is 2.